The SMILES string of the molecule is CNC1CCN(CC(=O)Nc2ccc(C)c(Cl)c2)C1.Cl. The summed E-state index contributed by atoms with van der Waals surface area (Å²) in [6, 6.07) is 6.07. The number of carbonyl (C=O) groups excluding carboxylic acids is 1. The normalized spacial score (nSPS) is 18.6. The van der Waals surface area contributed by atoms with Gasteiger partial charge in [-0.3, -0.25) is 9.69 Å². The van der Waals surface area contributed by atoms with E-state index in [1.165, 1.54) is 0 Å². The number of aryl methyl sites for hydroxylation is 1. The summed E-state index contributed by atoms with van der Waals surface area (Å²) >= 11 is 6.04. The summed E-state index contributed by atoms with van der Waals surface area (Å²) in [5.41, 5.74) is 1.76. The average Bonchev–Trinajstić information content (AvgIpc) is 2.81. The van der Waals surface area contributed by atoms with Crippen LogP contribution in [0.15, 0.2) is 18.2 Å². The zero-order chi connectivity index (χ0) is 13.8. The van der Waals surface area contributed by atoms with Crippen molar-refractivity contribution in [3.63, 3.8) is 0 Å². The second-order valence-electron chi connectivity index (χ2n) is 5.02. The van der Waals surface area contributed by atoms with E-state index >= 15 is 0 Å². The maximum absolute atomic E-state index is 11.9. The molecule has 0 spiro atoms. The van der Waals surface area contributed by atoms with Crippen molar-refractivity contribution in [1.29, 1.82) is 0 Å². The Kier molecular flexibility index (Phi) is 6.76. The van der Waals surface area contributed by atoms with E-state index < -0.39 is 0 Å². The molecule has 112 valence electrons. The van der Waals surface area contributed by atoms with Crippen LogP contribution in [0.5, 0.6) is 0 Å². The lowest BCUT2D eigenvalue weighted by atomic mass is 10.2. The lowest BCUT2D eigenvalue weighted by Crippen LogP contribution is -2.34. The molecule has 2 N–H and O–H groups in total. The molecule has 1 saturated heterocycles. The molecule has 1 amide bonds. The van der Waals surface area contributed by atoms with Gasteiger partial charge in [-0.25, -0.2) is 0 Å². The van der Waals surface area contributed by atoms with Crippen LogP contribution >= 0.6 is 24.0 Å². The van der Waals surface area contributed by atoms with Gasteiger partial charge in [-0.1, -0.05) is 17.7 Å². The summed E-state index contributed by atoms with van der Waals surface area (Å²) in [6.45, 7) is 4.27. The van der Waals surface area contributed by atoms with Crippen LogP contribution < -0.4 is 10.6 Å². The van der Waals surface area contributed by atoms with Gasteiger partial charge in [-0.2, -0.15) is 0 Å². The Morgan fingerprint density at radius 3 is 2.85 bits per heavy atom. The van der Waals surface area contributed by atoms with Crippen molar-refractivity contribution in [2.24, 2.45) is 0 Å². The zero-order valence-electron chi connectivity index (χ0n) is 11.8. The van der Waals surface area contributed by atoms with Crippen molar-refractivity contribution in [3.8, 4) is 0 Å². The highest BCUT2D eigenvalue weighted by Gasteiger charge is 2.22. The Morgan fingerprint density at radius 1 is 1.50 bits per heavy atom. The summed E-state index contributed by atoms with van der Waals surface area (Å²) in [5, 5.41) is 6.80. The predicted molar refractivity (Wildman–Crippen MR) is 86.0 cm³/mol. The van der Waals surface area contributed by atoms with Crippen LogP contribution in [0.2, 0.25) is 5.02 Å². The second kappa shape index (κ2) is 7.84. The van der Waals surface area contributed by atoms with Crippen LogP contribution in [-0.2, 0) is 4.79 Å². The van der Waals surface area contributed by atoms with Gasteiger partial charge in [0.2, 0.25) is 5.91 Å². The number of hydrogen-bond acceptors (Lipinski definition) is 3. The van der Waals surface area contributed by atoms with Crippen LogP contribution in [0.4, 0.5) is 5.69 Å². The maximum Gasteiger partial charge on any atom is 0.238 e. The number of nitrogens with zero attached hydrogens (tertiary/aromatic N) is 1. The maximum atomic E-state index is 11.9. The molecule has 0 bridgehead atoms. The number of amides is 1. The van der Waals surface area contributed by atoms with Gasteiger partial charge in [0.1, 0.15) is 0 Å². The summed E-state index contributed by atoms with van der Waals surface area (Å²) in [6.07, 6.45) is 1.10. The van der Waals surface area contributed by atoms with Crippen molar-refractivity contribution in [1.82, 2.24) is 10.2 Å². The first kappa shape index (κ1) is 17.2. The van der Waals surface area contributed by atoms with E-state index in [-0.39, 0.29) is 18.3 Å². The summed E-state index contributed by atoms with van der Waals surface area (Å²) in [7, 11) is 1.96. The molecule has 1 aromatic carbocycles. The minimum atomic E-state index is 0. The number of nitrogens with one attached hydrogen (secondary N) is 2. The predicted octanol–water partition coefficient (Wildman–Crippen LogP) is 2.30. The fourth-order valence-corrected chi connectivity index (χ4v) is 2.47. The first-order chi connectivity index (χ1) is 9.08. The largest absolute Gasteiger partial charge is 0.325 e. The molecule has 1 aliphatic heterocycles. The first-order valence-electron chi connectivity index (χ1n) is 6.54. The fourth-order valence-electron chi connectivity index (χ4n) is 2.29. The van der Waals surface area contributed by atoms with E-state index in [0.29, 0.717) is 17.6 Å². The number of likely N-dealkylation sites (N-methyl/N-ethyl adjacent to an activating group) is 1. The summed E-state index contributed by atoms with van der Waals surface area (Å²) in [4.78, 5) is 14.1. The third-order valence-corrected chi connectivity index (χ3v) is 3.91. The monoisotopic (exact) mass is 317 g/mol. The van der Waals surface area contributed by atoms with Gasteiger partial charge < -0.3 is 10.6 Å². The number of halogens is 2. The second-order valence-corrected chi connectivity index (χ2v) is 5.43. The van der Waals surface area contributed by atoms with Crippen LogP contribution in [0.3, 0.4) is 0 Å². The molecule has 2 rings (SSSR count). The highest BCUT2D eigenvalue weighted by atomic mass is 35.5. The molecular weight excluding hydrogens is 297 g/mol. The van der Waals surface area contributed by atoms with Gasteiger partial charge in [0.15, 0.2) is 0 Å². The van der Waals surface area contributed by atoms with Crippen LogP contribution in [-0.4, -0.2) is 43.5 Å². The molecule has 6 heteroatoms. The molecule has 1 aliphatic rings. The van der Waals surface area contributed by atoms with Crippen LogP contribution in [0, 0.1) is 6.92 Å². The number of benzene rings is 1. The first-order valence-corrected chi connectivity index (χ1v) is 6.92. The smallest absolute Gasteiger partial charge is 0.238 e. The number of likely N-dealkylation sites (tertiary alicyclic amines) is 1. The van der Waals surface area contributed by atoms with Gasteiger partial charge >= 0.3 is 0 Å². The van der Waals surface area contributed by atoms with Gasteiger partial charge in [-0.15, -0.1) is 12.4 Å². The number of hydrogen-bond donors (Lipinski definition) is 2. The minimum Gasteiger partial charge on any atom is -0.325 e. The molecule has 1 atom stereocenters. The van der Waals surface area contributed by atoms with Crippen molar-refractivity contribution < 1.29 is 4.79 Å². The van der Waals surface area contributed by atoms with Gasteiger partial charge in [-0.05, 0) is 38.1 Å². The molecule has 0 aromatic heterocycles. The molecule has 1 aromatic rings. The molecule has 4 nitrogen and oxygen atoms in total. The van der Waals surface area contributed by atoms with E-state index in [0.717, 1.165) is 30.8 Å². The van der Waals surface area contributed by atoms with Crippen molar-refractivity contribution in [2.75, 3.05) is 32.0 Å². The molecule has 1 fully saturated rings. The minimum absolute atomic E-state index is 0. The van der Waals surface area contributed by atoms with Gasteiger partial charge in [0.05, 0.1) is 6.54 Å². The number of anilines is 1. The average molecular weight is 318 g/mol. The molecule has 1 heterocycles. The summed E-state index contributed by atoms with van der Waals surface area (Å²) < 4.78 is 0. The quantitative estimate of drug-likeness (QED) is 0.895. The molecule has 0 saturated carbocycles. The highest BCUT2D eigenvalue weighted by Crippen LogP contribution is 2.20. The standard InChI is InChI=1S/C14H20ClN3O.ClH/c1-10-3-4-11(7-13(10)15)17-14(19)9-18-6-5-12(8-18)16-2;/h3-4,7,12,16H,5-6,8-9H2,1-2H3,(H,17,19);1H. The van der Waals surface area contributed by atoms with Crippen LogP contribution in [0.25, 0.3) is 0 Å². The Labute approximate surface area is 131 Å². The zero-order valence-corrected chi connectivity index (χ0v) is 13.4. The Bertz CT molecular complexity index is 468. The van der Waals surface area contributed by atoms with E-state index in [1.54, 1.807) is 6.07 Å². The van der Waals surface area contributed by atoms with E-state index in [2.05, 4.69) is 15.5 Å². The van der Waals surface area contributed by atoms with Crippen molar-refractivity contribution >= 4 is 35.6 Å². The Balaban J connectivity index is 0.00000200. The lowest BCUT2D eigenvalue weighted by Gasteiger charge is -2.15. The third kappa shape index (κ3) is 4.63. The molecular formula is C14H21Cl2N3O. The van der Waals surface area contributed by atoms with Crippen LogP contribution in [0.1, 0.15) is 12.0 Å². The van der Waals surface area contributed by atoms with E-state index in [1.807, 2.05) is 26.1 Å². The topological polar surface area (TPSA) is 44.4 Å². The highest BCUT2D eigenvalue weighted by molar-refractivity contribution is 6.31. The van der Waals surface area contributed by atoms with Crippen molar-refractivity contribution in [3.05, 3.63) is 28.8 Å². The number of carbonyl (C=O) groups is 1. The molecule has 20 heavy (non-hydrogen) atoms. The van der Waals surface area contributed by atoms with E-state index in [4.69, 9.17) is 11.6 Å². The fraction of sp³-hybridized carbons (Fsp3) is 0.500. The lowest BCUT2D eigenvalue weighted by molar-refractivity contribution is -0.117. The third-order valence-electron chi connectivity index (χ3n) is 3.50. The molecule has 1 unspecified atom stereocenters. The number of rotatable bonds is 4. The molecule has 0 radical (unpaired) electrons. The van der Waals surface area contributed by atoms with Gasteiger partial charge in [0, 0.05) is 29.8 Å². The summed E-state index contributed by atoms with van der Waals surface area (Å²) in [5.74, 6) is 0.0108. The Morgan fingerprint density at radius 2 is 2.25 bits per heavy atom. The van der Waals surface area contributed by atoms with Crippen molar-refractivity contribution in [2.45, 2.75) is 19.4 Å². The molecule has 0 aliphatic carbocycles. The Hall–Kier alpha value is -0.810. The van der Waals surface area contributed by atoms with Gasteiger partial charge in [0.25, 0.3) is 0 Å². The van der Waals surface area contributed by atoms with E-state index in [9.17, 15) is 4.79 Å².